The number of H-pyrrole nitrogens is 1. The van der Waals surface area contributed by atoms with Gasteiger partial charge in [-0.2, -0.15) is 0 Å². The van der Waals surface area contributed by atoms with Crippen molar-refractivity contribution in [1.29, 1.82) is 0 Å². The van der Waals surface area contributed by atoms with E-state index in [-0.39, 0.29) is 18.7 Å². The Kier molecular flexibility index (Phi) is 3.89. The molecule has 2 rings (SSSR count). The van der Waals surface area contributed by atoms with E-state index in [1.807, 2.05) is 0 Å². The lowest BCUT2D eigenvalue weighted by Gasteiger charge is -2.16. The number of esters is 1. The third-order valence-electron chi connectivity index (χ3n) is 3.03. The normalized spacial score (nSPS) is 22.0. The molecule has 7 heteroatoms. The summed E-state index contributed by atoms with van der Waals surface area (Å²) in [7, 11) is 0. The summed E-state index contributed by atoms with van der Waals surface area (Å²) in [5.74, 6) is -0.389. The average Bonchev–Trinajstić information content (AvgIpc) is 2.72. The number of aromatic nitrogens is 2. The molecule has 0 saturated carbocycles. The van der Waals surface area contributed by atoms with Gasteiger partial charge in [0, 0.05) is 25.1 Å². The zero-order chi connectivity index (χ0) is 14.9. The first-order valence-electron chi connectivity index (χ1n) is 6.17. The van der Waals surface area contributed by atoms with Crippen molar-refractivity contribution >= 4 is 5.97 Å². The summed E-state index contributed by atoms with van der Waals surface area (Å²) >= 11 is 0. The molecule has 0 amide bonds. The van der Waals surface area contributed by atoms with Gasteiger partial charge in [-0.05, 0) is 12.5 Å². The van der Waals surface area contributed by atoms with Crippen LogP contribution in [0.2, 0.25) is 0 Å². The Morgan fingerprint density at radius 2 is 2.30 bits per heavy atom. The fourth-order valence-corrected chi connectivity index (χ4v) is 2.05. The van der Waals surface area contributed by atoms with Crippen LogP contribution >= 0.6 is 0 Å². The Bertz CT molecular complexity index is 657. The van der Waals surface area contributed by atoms with Crippen molar-refractivity contribution in [2.45, 2.75) is 32.6 Å². The summed E-state index contributed by atoms with van der Waals surface area (Å²) in [6.07, 6.45) is 0.933. The van der Waals surface area contributed by atoms with Gasteiger partial charge in [-0.15, -0.1) is 0 Å². The van der Waals surface area contributed by atoms with Gasteiger partial charge in [-0.1, -0.05) is 6.58 Å². The van der Waals surface area contributed by atoms with Crippen LogP contribution in [0.15, 0.2) is 27.9 Å². The highest BCUT2D eigenvalue weighted by Gasteiger charge is 2.31. The maximum atomic E-state index is 11.8. The van der Waals surface area contributed by atoms with Crippen molar-refractivity contribution in [3.8, 4) is 0 Å². The van der Waals surface area contributed by atoms with Crippen LogP contribution in [0.1, 0.15) is 25.1 Å². The van der Waals surface area contributed by atoms with Gasteiger partial charge in [0.15, 0.2) is 6.23 Å². The number of carbonyl (C=O) groups is 1. The molecule has 2 heterocycles. The van der Waals surface area contributed by atoms with Gasteiger partial charge in [-0.3, -0.25) is 19.1 Å². The lowest BCUT2D eigenvalue weighted by Crippen LogP contribution is -2.34. The van der Waals surface area contributed by atoms with E-state index in [1.54, 1.807) is 6.92 Å². The van der Waals surface area contributed by atoms with E-state index in [4.69, 9.17) is 9.47 Å². The maximum absolute atomic E-state index is 11.8. The minimum Gasteiger partial charge on any atom is -0.463 e. The molecular formula is C13H16N2O5. The number of aryl methyl sites for hydroxylation is 1. The highest BCUT2D eigenvalue weighted by Crippen LogP contribution is 2.31. The van der Waals surface area contributed by atoms with E-state index in [2.05, 4.69) is 11.6 Å². The van der Waals surface area contributed by atoms with Crippen LogP contribution in [0.5, 0.6) is 0 Å². The fourth-order valence-electron chi connectivity index (χ4n) is 2.05. The van der Waals surface area contributed by atoms with Crippen LogP contribution in [0.3, 0.4) is 0 Å². The Labute approximate surface area is 114 Å². The molecule has 20 heavy (non-hydrogen) atoms. The van der Waals surface area contributed by atoms with Gasteiger partial charge in [0.2, 0.25) is 0 Å². The summed E-state index contributed by atoms with van der Waals surface area (Å²) in [6.45, 7) is 6.89. The second kappa shape index (κ2) is 5.46. The van der Waals surface area contributed by atoms with E-state index >= 15 is 0 Å². The Morgan fingerprint density at radius 3 is 2.95 bits per heavy atom. The molecule has 1 aliphatic heterocycles. The van der Waals surface area contributed by atoms with Gasteiger partial charge in [0.25, 0.3) is 5.56 Å². The number of rotatable bonds is 3. The number of aromatic amines is 1. The van der Waals surface area contributed by atoms with Gasteiger partial charge < -0.3 is 9.47 Å². The van der Waals surface area contributed by atoms with Crippen molar-refractivity contribution in [2.24, 2.45) is 0 Å². The van der Waals surface area contributed by atoms with Gasteiger partial charge in [0.05, 0.1) is 6.10 Å². The lowest BCUT2D eigenvalue weighted by atomic mass is 10.1. The Balaban J connectivity index is 2.20. The molecule has 1 fully saturated rings. The lowest BCUT2D eigenvalue weighted by molar-refractivity contribution is -0.145. The van der Waals surface area contributed by atoms with Gasteiger partial charge >= 0.3 is 11.7 Å². The van der Waals surface area contributed by atoms with E-state index in [9.17, 15) is 14.4 Å². The molecule has 0 radical (unpaired) electrons. The SMILES string of the molecule is C=C1C[C@@H](COC(C)=O)O[C@@H]1n1cc(C)c(=O)[nH]c1=O. The van der Waals surface area contributed by atoms with Crippen molar-refractivity contribution < 1.29 is 14.3 Å². The third kappa shape index (κ3) is 2.88. The van der Waals surface area contributed by atoms with E-state index < -0.39 is 17.5 Å². The summed E-state index contributed by atoms with van der Waals surface area (Å²) in [5, 5.41) is 0. The van der Waals surface area contributed by atoms with Crippen LogP contribution in [-0.2, 0) is 14.3 Å². The molecule has 0 unspecified atom stereocenters. The van der Waals surface area contributed by atoms with Crippen LogP contribution < -0.4 is 11.2 Å². The number of hydrogen-bond donors (Lipinski definition) is 1. The van der Waals surface area contributed by atoms with Crippen molar-refractivity contribution in [3.05, 3.63) is 44.8 Å². The van der Waals surface area contributed by atoms with Crippen molar-refractivity contribution in [3.63, 3.8) is 0 Å². The number of nitrogens with zero attached hydrogens (tertiary/aromatic N) is 1. The molecule has 1 aromatic heterocycles. The first-order valence-corrected chi connectivity index (χ1v) is 6.17. The number of nitrogens with one attached hydrogen (secondary N) is 1. The van der Waals surface area contributed by atoms with Gasteiger partial charge in [-0.25, -0.2) is 4.79 Å². The summed E-state index contributed by atoms with van der Waals surface area (Å²) < 4.78 is 11.8. The first kappa shape index (κ1) is 14.3. The van der Waals surface area contributed by atoms with Crippen LogP contribution in [0.25, 0.3) is 0 Å². The zero-order valence-corrected chi connectivity index (χ0v) is 11.3. The molecule has 1 N–H and O–H groups in total. The first-order chi connectivity index (χ1) is 9.38. The molecule has 1 aromatic rings. The minimum absolute atomic E-state index is 0.113. The van der Waals surface area contributed by atoms with E-state index in [1.165, 1.54) is 17.7 Å². The highest BCUT2D eigenvalue weighted by atomic mass is 16.6. The fraction of sp³-hybridized carbons (Fsp3) is 0.462. The molecule has 0 aromatic carbocycles. The van der Waals surface area contributed by atoms with Gasteiger partial charge in [0.1, 0.15) is 6.61 Å². The molecule has 108 valence electrons. The molecular weight excluding hydrogens is 264 g/mol. The number of carbonyl (C=O) groups excluding carboxylic acids is 1. The van der Waals surface area contributed by atoms with Crippen LogP contribution in [0.4, 0.5) is 0 Å². The molecule has 1 saturated heterocycles. The van der Waals surface area contributed by atoms with Crippen molar-refractivity contribution in [2.75, 3.05) is 6.61 Å². The predicted molar refractivity (Wildman–Crippen MR) is 70.4 cm³/mol. The summed E-state index contributed by atoms with van der Waals surface area (Å²) in [6, 6.07) is 0. The van der Waals surface area contributed by atoms with Crippen molar-refractivity contribution in [1.82, 2.24) is 9.55 Å². The summed E-state index contributed by atoms with van der Waals surface area (Å²) in [4.78, 5) is 36.1. The Hall–Kier alpha value is -2.15. The van der Waals surface area contributed by atoms with E-state index in [0.717, 1.165) is 0 Å². The quantitative estimate of drug-likeness (QED) is 0.633. The average molecular weight is 280 g/mol. The molecule has 1 aliphatic rings. The monoisotopic (exact) mass is 280 g/mol. The second-order valence-electron chi connectivity index (χ2n) is 4.75. The Morgan fingerprint density at radius 1 is 1.60 bits per heavy atom. The minimum atomic E-state index is -0.654. The van der Waals surface area contributed by atoms with E-state index in [0.29, 0.717) is 17.6 Å². The largest absolute Gasteiger partial charge is 0.463 e. The maximum Gasteiger partial charge on any atom is 0.330 e. The molecule has 7 nitrogen and oxygen atoms in total. The topological polar surface area (TPSA) is 90.4 Å². The molecule has 0 spiro atoms. The standard InChI is InChI=1S/C13H16N2O5/c1-7-4-10(6-19-9(3)16)20-12(7)15-5-8(2)11(17)14-13(15)18/h5,10,12H,1,4,6H2,2-3H3,(H,14,17,18)/t10-,12-/m0/s1. The molecule has 2 atom stereocenters. The summed E-state index contributed by atoms with van der Waals surface area (Å²) in [5.41, 5.74) is 0.117. The molecule has 0 aliphatic carbocycles. The predicted octanol–water partition coefficient (Wildman–Crippen LogP) is 0.252. The number of ether oxygens (including phenoxy) is 2. The highest BCUT2D eigenvalue weighted by molar-refractivity contribution is 5.65. The van der Waals surface area contributed by atoms with Crippen LogP contribution in [-0.4, -0.2) is 28.2 Å². The number of hydrogen-bond acceptors (Lipinski definition) is 5. The zero-order valence-electron chi connectivity index (χ0n) is 11.3. The smallest absolute Gasteiger partial charge is 0.330 e. The van der Waals surface area contributed by atoms with Crippen LogP contribution in [0, 0.1) is 6.92 Å². The molecule has 0 bridgehead atoms. The third-order valence-corrected chi connectivity index (χ3v) is 3.03. The second-order valence-corrected chi connectivity index (χ2v) is 4.75.